The number of ether oxygens (including phenoxy) is 1. The number of rotatable bonds is 7. The summed E-state index contributed by atoms with van der Waals surface area (Å²) < 4.78 is 10.9. The summed E-state index contributed by atoms with van der Waals surface area (Å²) in [5.74, 6) is -0.378. The van der Waals surface area contributed by atoms with E-state index in [4.69, 9.17) is 9.15 Å². The van der Waals surface area contributed by atoms with E-state index >= 15 is 0 Å². The molecule has 0 atom stereocenters. The van der Waals surface area contributed by atoms with Gasteiger partial charge in [-0.2, -0.15) is 0 Å². The second kappa shape index (κ2) is 7.14. The molecule has 1 N–H and O–H groups in total. The first kappa shape index (κ1) is 16.0. The number of benzene rings is 1. The highest BCUT2D eigenvalue weighted by Crippen LogP contribution is 2.35. The summed E-state index contributed by atoms with van der Waals surface area (Å²) in [7, 11) is 1.60. The minimum absolute atomic E-state index is 0.139. The average Bonchev–Trinajstić information content (AvgIpc) is 3.27. The van der Waals surface area contributed by atoms with Crippen molar-refractivity contribution < 1.29 is 18.7 Å². The summed E-state index contributed by atoms with van der Waals surface area (Å²) in [5, 5.41) is 6.61. The number of hydrogen-bond donors (Lipinski definition) is 1. The fraction of sp³-hybridized carbons (Fsp3) is 0.125. The molecule has 0 radical (unpaired) electrons. The van der Waals surface area contributed by atoms with E-state index in [-0.39, 0.29) is 12.2 Å². The molecule has 3 aromatic rings. The van der Waals surface area contributed by atoms with Crippen molar-refractivity contribution in [2.75, 3.05) is 7.11 Å². The maximum absolute atomic E-state index is 11.9. The number of nitrogens with one attached hydrogen (secondary N) is 1. The summed E-state index contributed by atoms with van der Waals surface area (Å²) in [5.41, 5.74) is 0. The summed E-state index contributed by atoms with van der Waals surface area (Å²) >= 11 is 1.38. The molecule has 0 aliphatic rings. The predicted molar refractivity (Wildman–Crippen MR) is 85.2 cm³/mol. The second-order valence-electron chi connectivity index (χ2n) is 4.73. The molecule has 3 rings (SSSR count). The van der Waals surface area contributed by atoms with Gasteiger partial charge in [-0.3, -0.25) is 14.7 Å². The number of Topliss-reactive ketones (excluding diaryl/α,β-unsaturated/α-hetero) is 2. The molecule has 0 bridgehead atoms. The number of nitrogens with zero attached hydrogens (tertiary/aromatic N) is 2. The maximum atomic E-state index is 11.9. The molecule has 122 valence electrons. The molecular weight excluding hydrogens is 330 g/mol. The van der Waals surface area contributed by atoms with Crippen LogP contribution in [0.5, 0.6) is 5.75 Å². The second-order valence-corrected chi connectivity index (χ2v) is 5.77. The van der Waals surface area contributed by atoms with Crippen molar-refractivity contribution in [3.05, 3.63) is 54.3 Å². The fourth-order valence-electron chi connectivity index (χ4n) is 2.00. The Morgan fingerprint density at radius 2 is 2.08 bits per heavy atom. The zero-order valence-corrected chi connectivity index (χ0v) is 13.5. The van der Waals surface area contributed by atoms with Crippen molar-refractivity contribution in [1.82, 2.24) is 15.2 Å². The van der Waals surface area contributed by atoms with Crippen molar-refractivity contribution in [3.8, 4) is 5.75 Å². The molecule has 7 nitrogen and oxygen atoms in total. The third-order valence-electron chi connectivity index (χ3n) is 3.12. The van der Waals surface area contributed by atoms with Gasteiger partial charge in [0.1, 0.15) is 17.8 Å². The monoisotopic (exact) mass is 343 g/mol. The molecule has 2 aromatic heterocycles. The van der Waals surface area contributed by atoms with Gasteiger partial charge in [0.2, 0.25) is 11.6 Å². The molecule has 0 aliphatic carbocycles. The van der Waals surface area contributed by atoms with E-state index < -0.39 is 11.6 Å². The fourth-order valence-corrected chi connectivity index (χ4v) is 2.90. The van der Waals surface area contributed by atoms with Crippen molar-refractivity contribution in [2.24, 2.45) is 0 Å². The van der Waals surface area contributed by atoms with Crippen LogP contribution in [0.2, 0.25) is 0 Å². The predicted octanol–water partition coefficient (Wildman–Crippen LogP) is 2.55. The highest BCUT2D eigenvalue weighted by Gasteiger charge is 2.21. The normalized spacial score (nSPS) is 10.5. The van der Waals surface area contributed by atoms with Crippen LogP contribution in [0.25, 0.3) is 0 Å². The first-order valence-electron chi connectivity index (χ1n) is 7.00. The van der Waals surface area contributed by atoms with Gasteiger partial charge < -0.3 is 9.15 Å². The maximum Gasteiger partial charge on any atom is 0.268 e. The Bertz CT molecular complexity index is 858. The smallest absolute Gasteiger partial charge is 0.268 e. The van der Waals surface area contributed by atoms with Gasteiger partial charge in [-0.05, 0) is 36.0 Å². The Morgan fingerprint density at radius 1 is 1.25 bits per heavy atom. The number of furan rings is 1. The van der Waals surface area contributed by atoms with Gasteiger partial charge in [-0.15, -0.1) is 5.10 Å². The summed E-state index contributed by atoms with van der Waals surface area (Å²) in [6.45, 7) is 0. The topological polar surface area (TPSA) is 98.1 Å². The lowest BCUT2D eigenvalue weighted by atomic mass is 10.1. The van der Waals surface area contributed by atoms with E-state index in [0.29, 0.717) is 10.9 Å². The van der Waals surface area contributed by atoms with Crippen molar-refractivity contribution in [2.45, 2.75) is 16.4 Å². The first-order chi connectivity index (χ1) is 11.7. The molecule has 0 fully saturated rings. The van der Waals surface area contributed by atoms with E-state index in [1.165, 1.54) is 18.1 Å². The van der Waals surface area contributed by atoms with Crippen LogP contribution in [0.3, 0.4) is 0 Å². The van der Waals surface area contributed by atoms with E-state index in [2.05, 4.69) is 15.2 Å². The lowest BCUT2D eigenvalue weighted by Gasteiger charge is -2.05. The minimum atomic E-state index is -0.744. The average molecular weight is 343 g/mol. The number of methoxy groups -OCH3 is 1. The lowest BCUT2D eigenvalue weighted by Crippen LogP contribution is -2.17. The molecule has 1 aromatic carbocycles. The zero-order chi connectivity index (χ0) is 16.9. The molecular formula is C16H13N3O4S. The minimum Gasteiger partial charge on any atom is -0.496 e. The van der Waals surface area contributed by atoms with Crippen LogP contribution < -0.4 is 4.74 Å². The Hall–Kier alpha value is -2.87. The summed E-state index contributed by atoms with van der Waals surface area (Å²) in [4.78, 5) is 28.3. The summed E-state index contributed by atoms with van der Waals surface area (Å²) in [6.07, 6.45) is 1.11. The summed E-state index contributed by atoms with van der Waals surface area (Å²) in [6, 6.07) is 10.9. The van der Waals surface area contributed by atoms with Crippen LogP contribution in [0.15, 0.2) is 57.1 Å². The number of ketones is 2. The zero-order valence-electron chi connectivity index (χ0n) is 12.7. The quantitative estimate of drug-likeness (QED) is 0.520. The van der Waals surface area contributed by atoms with Gasteiger partial charge in [0.15, 0.2) is 5.09 Å². The highest BCUT2D eigenvalue weighted by molar-refractivity contribution is 7.99. The van der Waals surface area contributed by atoms with Crippen LogP contribution in [0, 0.1) is 0 Å². The van der Waals surface area contributed by atoms with Crippen LogP contribution in [0.4, 0.5) is 0 Å². The number of para-hydroxylation sites is 1. The van der Waals surface area contributed by atoms with Crippen molar-refractivity contribution >= 4 is 23.3 Å². The van der Waals surface area contributed by atoms with Gasteiger partial charge in [0, 0.05) is 0 Å². The number of aromatic nitrogens is 3. The van der Waals surface area contributed by atoms with Crippen LogP contribution in [-0.2, 0) is 11.2 Å². The molecule has 0 saturated carbocycles. The molecule has 24 heavy (non-hydrogen) atoms. The van der Waals surface area contributed by atoms with E-state index in [1.54, 1.807) is 19.2 Å². The van der Waals surface area contributed by atoms with Gasteiger partial charge in [0.25, 0.3) is 5.78 Å². The SMILES string of the molecule is COc1ccccc1Sc1ccc(CC(=O)C(=O)c2nc[nH]n2)o1. The third-order valence-corrected chi connectivity index (χ3v) is 4.10. The van der Waals surface area contributed by atoms with Crippen LogP contribution in [-0.4, -0.2) is 33.9 Å². The van der Waals surface area contributed by atoms with Gasteiger partial charge in [-0.1, -0.05) is 12.1 Å². The number of aromatic amines is 1. The van der Waals surface area contributed by atoms with Crippen LogP contribution >= 0.6 is 11.8 Å². The standard InChI is InChI=1S/C16H13N3O4S/c1-22-12-4-2-3-5-13(12)24-14-7-6-10(23-14)8-11(20)15(21)16-17-9-18-19-16/h2-7,9H,8H2,1H3,(H,17,18,19). The Morgan fingerprint density at radius 3 is 2.83 bits per heavy atom. The highest BCUT2D eigenvalue weighted by atomic mass is 32.2. The number of carbonyl (C=O) groups is 2. The molecule has 0 amide bonds. The Kier molecular flexibility index (Phi) is 4.76. The van der Waals surface area contributed by atoms with E-state index in [9.17, 15) is 9.59 Å². The lowest BCUT2D eigenvalue weighted by molar-refractivity contribution is -0.114. The molecule has 2 heterocycles. The van der Waals surface area contributed by atoms with Gasteiger partial charge in [-0.25, -0.2) is 4.98 Å². The Labute approximate surface area is 141 Å². The first-order valence-corrected chi connectivity index (χ1v) is 7.82. The number of hydrogen-bond acceptors (Lipinski definition) is 7. The van der Waals surface area contributed by atoms with Gasteiger partial charge >= 0.3 is 0 Å². The largest absolute Gasteiger partial charge is 0.496 e. The third kappa shape index (κ3) is 3.54. The molecule has 0 aliphatic heterocycles. The number of carbonyl (C=O) groups excluding carboxylic acids is 2. The molecule has 0 spiro atoms. The van der Waals surface area contributed by atoms with Crippen molar-refractivity contribution in [3.63, 3.8) is 0 Å². The molecule has 0 unspecified atom stereocenters. The van der Waals surface area contributed by atoms with Crippen LogP contribution in [0.1, 0.15) is 16.4 Å². The van der Waals surface area contributed by atoms with Gasteiger partial charge in [0.05, 0.1) is 18.4 Å². The Balaban J connectivity index is 1.67. The molecule has 8 heteroatoms. The van der Waals surface area contributed by atoms with E-state index in [1.807, 2.05) is 24.3 Å². The van der Waals surface area contributed by atoms with E-state index in [0.717, 1.165) is 10.6 Å². The van der Waals surface area contributed by atoms with Crippen molar-refractivity contribution in [1.29, 1.82) is 0 Å². The molecule has 0 saturated heterocycles. The number of H-pyrrole nitrogens is 1.